The van der Waals surface area contributed by atoms with E-state index in [1.807, 2.05) is 61.1 Å². The Hall–Kier alpha value is -3.65. The number of ether oxygens (including phenoxy) is 5. The number of hydrogen-bond acceptors (Lipinski definition) is 10. The molecule has 5 heterocycles. The van der Waals surface area contributed by atoms with Gasteiger partial charge in [-0.2, -0.15) is 0 Å². The van der Waals surface area contributed by atoms with E-state index in [4.69, 9.17) is 18.9 Å². The maximum atomic E-state index is 11.8. The van der Waals surface area contributed by atoms with Crippen LogP contribution in [0.25, 0.3) is 0 Å². The summed E-state index contributed by atoms with van der Waals surface area (Å²) in [5.74, 6) is 7.51. The summed E-state index contributed by atoms with van der Waals surface area (Å²) in [6.45, 7) is 49.6. The van der Waals surface area contributed by atoms with Crippen molar-refractivity contribution in [1.82, 2.24) is 24.5 Å². The first-order valence-corrected chi connectivity index (χ1v) is 29.5. The Morgan fingerprint density at radius 1 is 0.383 bits per heavy atom. The summed E-state index contributed by atoms with van der Waals surface area (Å²) < 4.78 is 25.5. The highest BCUT2D eigenvalue weighted by Gasteiger charge is 2.31. The van der Waals surface area contributed by atoms with Crippen LogP contribution in [0.1, 0.15) is 240 Å². The third-order valence-electron chi connectivity index (χ3n) is 15.5. The number of hydrogen-bond donors (Lipinski definition) is 0. The summed E-state index contributed by atoms with van der Waals surface area (Å²) in [5.41, 5.74) is -0.335. The van der Waals surface area contributed by atoms with Crippen molar-refractivity contribution in [1.29, 1.82) is 0 Å². The molecular weight excluding hydrogens is 1020 g/mol. The van der Waals surface area contributed by atoms with Gasteiger partial charge in [-0.1, -0.05) is 135 Å². The van der Waals surface area contributed by atoms with Crippen molar-refractivity contribution in [2.45, 2.75) is 252 Å². The summed E-state index contributed by atoms with van der Waals surface area (Å²) in [7, 11) is 1.44. The zero-order chi connectivity index (χ0) is 57.2. The molecule has 0 N–H and O–H groups in total. The largest absolute Gasteiger partial charge is 0.453 e. The van der Waals surface area contributed by atoms with Crippen LogP contribution in [-0.4, -0.2) is 152 Å². The minimum absolute atomic E-state index is 0. The highest BCUT2D eigenvalue weighted by atomic mass is 16.6. The van der Waals surface area contributed by atoms with Crippen molar-refractivity contribution in [3.63, 3.8) is 0 Å². The van der Waals surface area contributed by atoms with Gasteiger partial charge in [0.05, 0.1) is 26.4 Å². The zero-order valence-electron chi connectivity index (χ0n) is 51.7. The van der Waals surface area contributed by atoms with Gasteiger partial charge >= 0.3 is 30.5 Å². The smallest absolute Gasteiger partial charge is 0.410 e. The predicted octanol–water partition coefficient (Wildman–Crippen LogP) is 18.2. The molecule has 0 aromatic carbocycles. The number of amides is 5. The van der Waals surface area contributed by atoms with Crippen LogP contribution < -0.4 is 0 Å². The Kier molecular flexibility index (Phi) is 49.0. The monoisotopic (exact) mass is 1160 g/mol. The molecule has 0 aliphatic carbocycles. The predicted molar refractivity (Wildman–Crippen MR) is 344 cm³/mol. The van der Waals surface area contributed by atoms with Gasteiger partial charge in [-0.05, 0) is 170 Å². The van der Waals surface area contributed by atoms with E-state index in [0.29, 0.717) is 13.2 Å². The lowest BCUT2D eigenvalue weighted by Gasteiger charge is -2.34. The van der Waals surface area contributed by atoms with Crippen LogP contribution >= 0.6 is 0 Å². The highest BCUT2D eigenvalue weighted by molar-refractivity contribution is 5.69. The molecule has 15 heteroatoms. The van der Waals surface area contributed by atoms with E-state index < -0.39 is 0 Å². The molecule has 5 amide bonds. The Morgan fingerprint density at radius 2 is 0.617 bits per heavy atom. The summed E-state index contributed by atoms with van der Waals surface area (Å²) in [6.07, 6.45) is 10.4. The quantitative estimate of drug-likeness (QED) is 0.215. The maximum Gasteiger partial charge on any atom is 0.410 e. The normalized spacial score (nSPS) is 17.4. The van der Waals surface area contributed by atoms with Gasteiger partial charge in [-0.3, -0.25) is 0 Å². The Labute approximate surface area is 503 Å². The first-order valence-electron chi connectivity index (χ1n) is 29.5. The van der Waals surface area contributed by atoms with E-state index in [9.17, 15) is 24.0 Å². The third kappa shape index (κ3) is 37.3. The Balaban J connectivity index is -0.000000214. The number of likely N-dealkylation sites (tertiary alicyclic amines) is 5. The van der Waals surface area contributed by atoms with Crippen molar-refractivity contribution >= 4 is 30.5 Å². The maximum absolute atomic E-state index is 11.8. The molecule has 5 saturated heterocycles. The van der Waals surface area contributed by atoms with Crippen molar-refractivity contribution < 1.29 is 47.7 Å². The molecule has 0 saturated carbocycles. The fraction of sp³-hybridized carbons (Fsp3) is 0.924. The molecule has 5 aliphatic heterocycles. The summed E-state index contributed by atoms with van der Waals surface area (Å²) >= 11 is 0. The van der Waals surface area contributed by atoms with Crippen LogP contribution in [0.2, 0.25) is 0 Å². The van der Waals surface area contributed by atoms with Gasteiger partial charge in [-0.25, -0.2) is 24.0 Å². The second kappa shape index (κ2) is 44.8. The molecule has 0 aromatic heterocycles. The zero-order valence-corrected chi connectivity index (χ0v) is 51.7. The van der Waals surface area contributed by atoms with E-state index >= 15 is 0 Å². The van der Waals surface area contributed by atoms with Gasteiger partial charge in [-0.15, -0.1) is 0 Å². The van der Waals surface area contributed by atoms with Gasteiger partial charge in [0.1, 0.15) is 5.60 Å². The van der Waals surface area contributed by atoms with E-state index in [1.54, 1.807) is 4.90 Å². The molecule has 0 aromatic rings. The Morgan fingerprint density at radius 3 is 0.827 bits per heavy atom. The van der Waals surface area contributed by atoms with Crippen LogP contribution in [0.15, 0.2) is 0 Å². The molecule has 5 rings (SSSR count). The molecule has 0 bridgehead atoms. The number of piperidine rings is 5. The number of carbonyl (C=O) groups is 5. The fourth-order valence-electron chi connectivity index (χ4n) is 10.1. The van der Waals surface area contributed by atoms with Crippen LogP contribution in [0.3, 0.4) is 0 Å². The van der Waals surface area contributed by atoms with Crippen LogP contribution in [-0.2, 0) is 23.7 Å². The first kappa shape index (κ1) is 88.6. The molecule has 5 fully saturated rings. The van der Waals surface area contributed by atoms with E-state index in [1.165, 1.54) is 7.11 Å². The average molecular weight is 1160 g/mol. The second-order valence-corrected chi connectivity index (χ2v) is 26.0. The van der Waals surface area contributed by atoms with E-state index in [-0.39, 0.29) is 92.1 Å². The average Bonchev–Trinajstić information content (AvgIpc) is 3.35. The molecular formula is C66H139N5O10. The summed E-state index contributed by atoms with van der Waals surface area (Å²) in [4.78, 5) is 66.9. The standard InChI is InChI=1S/C14H27NO2.C13H25NO2.C12H23NO2.C11H21NO2.C10H19NO2.6CH4/c1-11(2)12-6-8-15(9-7-12)13(16)17-10-14(3,4)5;1-10(2)11-6-8-14(9-7-11)12(15)16-13(3,4)5;1-9(2)11-5-7-13(8-6-11)12(14)15-10(3)4;1-4-14-11(13)12-7-5-10(6-8-12)9(2)3;1-8(2)9-4-6-11(7-5-9)10(12)13-3;;;;;;/h11-12H,6-10H2,1-5H3;10-11H,6-9H2,1-5H3;9-11H,5-8H2,1-4H3;9-10H,4-8H2,1-3H3;8-9H,4-7H2,1-3H3;6*1H4. The molecule has 5 aliphatic rings. The van der Waals surface area contributed by atoms with Crippen LogP contribution in [0, 0.1) is 64.6 Å². The van der Waals surface area contributed by atoms with Gasteiger partial charge in [0.15, 0.2) is 0 Å². The fourth-order valence-corrected chi connectivity index (χ4v) is 10.1. The number of methoxy groups -OCH3 is 1. The van der Waals surface area contributed by atoms with Gasteiger partial charge in [0.2, 0.25) is 0 Å². The van der Waals surface area contributed by atoms with Gasteiger partial charge in [0, 0.05) is 65.4 Å². The molecule has 0 atom stereocenters. The van der Waals surface area contributed by atoms with Gasteiger partial charge < -0.3 is 48.2 Å². The second-order valence-electron chi connectivity index (χ2n) is 26.0. The van der Waals surface area contributed by atoms with Crippen molar-refractivity contribution in [3.8, 4) is 0 Å². The molecule has 0 radical (unpaired) electrons. The van der Waals surface area contributed by atoms with Crippen LogP contribution in [0.5, 0.6) is 0 Å². The molecule has 0 spiro atoms. The Bertz CT molecular complexity index is 1590. The third-order valence-corrected chi connectivity index (χ3v) is 15.5. The molecule has 15 nitrogen and oxygen atoms in total. The SMILES string of the molecule is C.C.C.C.C.C.CC(C)C1CCN(C(=O)OC(C)(C)C)CC1.CC(C)C1CCN(C(=O)OCC(C)(C)C)CC1.CC(C)OC(=O)N1CCC(C(C)C)CC1.CCOC(=O)N1CCC(C(C)C)CC1.COC(=O)N1CCC(C(C)C)CC1. The number of nitrogens with zero attached hydrogens (tertiary/aromatic N) is 5. The van der Waals surface area contributed by atoms with Crippen molar-refractivity contribution in [2.75, 3.05) is 85.8 Å². The number of carbonyl (C=O) groups excluding carboxylic acids is 5. The van der Waals surface area contributed by atoms with E-state index in [0.717, 1.165) is 189 Å². The first-order chi connectivity index (χ1) is 34.9. The molecule has 488 valence electrons. The van der Waals surface area contributed by atoms with Crippen molar-refractivity contribution in [3.05, 3.63) is 0 Å². The van der Waals surface area contributed by atoms with Crippen molar-refractivity contribution in [2.24, 2.45) is 64.6 Å². The van der Waals surface area contributed by atoms with Crippen LogP contribution in [0.4, 0.5) is 24.0 Å². The van der Waals surface area contributed by atoms with E-state index in [2.05, 4.69) is 94.7 Å². The lowest BCUT2D eigenvalue weighted by molar-refractivity contribution is 0.0165. The molecule has 0 unspecified atom stereocenters. The minimum atomic E-state index is -0.383. The number of rotatable bonds is 8. The summed E-state index contributed by atoms with van der Waals surface area (Å²) in [6, 6.07) is 0. The lowest BCUT2D eigenvalue weighted by Crippen LogP contribution is -2.42. The lowest BCUT2D eigenvalue weighted by atomic mass is 9.87. The minimum Gasteiger partial charge on any atom is -0.453 e. The summed E-state index contributed by atoms with van der Waals surface area (Å²) in [5, 5.41) is 0. The molecule has 81 heavy (non-hydrogen) atoms. The highest BCUT2D eigenvalue weighted by Crippen LogP contribution is 2.29. The topological polar surface area (TPSA) is 148 Å². The van der Waals surface area contributed by atoms with Gasteiger partial charge in [0.25, 0.3) is 0 Å².